The van der Waals surface area contributed by atoms with E-state index in [-0.39, 0.29) is 5.69 Å². The van der Waals surface area contributed by atoms with Crippen LogP contribution in [0.15, 0.2) is 21.9 Å². The molecule has 1 rings (SSSR count). The average molecular weight is 297 g/mol. The summed E-state index contributed by atoms with van der Waals surface area (Å²) < 4.78 is 61.8. The van der Waals surface area contributed by atoms with Gasteiger partial charge in [-0.3, -0.25) is 9.11 Å². The highest BCUT2D eigenvalue weighted by Crippen LogP contribution is 2.34. The van der Waals surface area contributed by atoms with Gasteiger partial charge in [0, 0.05) is 19.8 Å². The van der Waals surface area contributed by atoms with E-state index in [2.05, 4.69) is 0 Å². The maximum atomic E-state index is 11.0. The second kappa shape index (κ2) is 4.39. The van der Waals surface area contributed by atoms with E-state index < -0.39 is 35.8 Å². The Morgan fingerprint density at radius 1 is 0.944 bits per heavy atom. The molecule has 10 heteroatoms. The summed E-state index contributed by atoms with van der Waals surface area (Å²) in [4.78, 5) is -0.661. The van der Waals surface area contributed by atoms with Gasteiger partial charge in [-0.15, -0.1) is 0 Å². The fraction of sp³-hybridized carbons (Fsp3) is 0.250. The van der Waals surface area contributed by atoms with E-state index in [4.69, 9.17) is 9.11 Å². The van der Waals surface area contributed by atoms with Gasteiger partial charge in [0.1, 0.15) is 9.79 Å². The van der Waals surface area contributed by atoms with Gasteiger partial charge >= 0.3 is 0 Å². The lowest BCUT2D eigenvalue weighted by molar-refractivity contribution is 0.423. The normalized spacial score (nSPS) is 12.4. The van der Waals surface area contributed by atoms with Crippen LogP contribution < -0.4 is 4.90 Å². The Morgan fingerprint density at radius 2 is 1.28 bits per heavy atom. The standard InChI is InChI=1S/C8H11NO7S2/c1-9(2)5-3-6(17(11,12)13)8(10)7(4-5)18(14,15)16/h3-4,10H,1-2H3,(H,11,12,13)(H,14,15,16). The molecule has 1 aromatic rings. The highest BCUT2D eigenvalue weighted by atomic mass is 32.2. The summed E-state index contributed by atoms with van der Waals surface area (Å²) in [5, 5.41) is 9.47. The second-order valence-electron chi connectivity index (χ2n) is 3.64. The highest BCUT2D eigenvalue weighted by Gasteiger charge is 2.26. The van der Waals surface area contributed by atoms with Crippen LogP contribution in [0.5, 0.6) is 5.75 Å². The number of hydrogen-bond acceptors (Lipinski definition) is 6. The quantitative estimate of drug-likeness (QED) is 0.661. The summed E-state index contributed by atoms with van der Waals surface area (Å²) >= 11 is 0. The number of rotatable bonds is 3. The predicted octanol–water partition coefficient (Wildman–Crippen LogP) is -0.0484. The molecule has 0 amide bonds. The molecule has 0 unspecified atom stereocenters. The molecule has 18 heavy (non-hydrogen) atoms. The summed E-state index contributed by atoms with van der Waals surface area (Å²) in [6, 6.07) is 1.75. The molecule has 0 aliphatic heterocycles. The molecule has 8 nitrogen and oxygen atoms in total. The van der Waals surface area contributed by atoms with Gasteiger partial charge in [-0.1, -0.05) is 0 Å². The molecule has 3 N–H and O–H groups in total. The van der Waals surface area contributed by atoms with Gasteiger partial charge in [0.15, 0.2) is 5.75 Å². The van der Waals surface area contributed by atoms with Crippen molar-refractivity contribution in [3.8, 4) is 5.75 Å². The van der Waals surface area contributed by atoms with Crippen molar-refractivity contribution >= 4 is 25.9 Å². The van der Waals surface area contributed by atoms with Crippen molar-refractivity contribution in [2.75, 3.05) is 19.0 Å². The van der Waals surface area contributed by atoms with Crippen molar-refractivity contribution < 1.29 is 31.0 Å². The minimum Gasteiger partial charge on any atom is -0.505 e. The maximum Gasteiger partial charge on any atom is 0.298 e. The Bertz CT molecular complexity index is 622. The van der Waals surface area contributed by atoms with E-state index >= 15 is 0 Å². The van der Waals surface area contributed by atoms with Crippen LogP contribution >= 0.6 is 0 Å². The third-order valence-corrected chi connectivity index (χ3v) is 3.83. The molecule has 0 saturated heterocycles. The Balaban J connectivity index is 3.82. The van der Waals surface area contributed by atoms with Gasteiger partial charge in [-0.05, 0) is 12.1 Å². The number of nitrogens with zero attached hydrogens (tertiary/aromatic N) is 1. The monoisotopic (exact) mass is 297 g/mol. The fourth-order valence-corrected chi connectivity index (χ4v) is 2.53. The first-order valence-electron chi connectivity index (χ1n) is 4.44. The van der Waals surface area contributed by atoms with Crippen LogP contribution in [0.1, 0.15) is 0 Å². The van der Waals surface area contributed by atoms with Crippen molar-refractivity contribution in [3.63, 3.8) is 0 Å². The van der Waals surface area contributed by atoms with Crippen LogP contribution in [0.4, 0.5) is 5.69 Å². The van der Waals surface area contributed by atoms with E-state index in [1.807, 2.05) is 0 Å². The van der Waals surface area contributed by atoms with Crippen molar-refractivity contribution in [2.45, 2.75) is 9.79 Å². The van der Waals surface area contributed by atoms with Gasteiger partial charge in [0.2, 0.25) is 0 Å². The zero-order chi connectivity index (χ0) is 14.3. The predicted molar refractivity (Wildman–Crippen MR) is 62.1 cm³/mol. The van der Waals surface area contributed by atoms with E-state index in [0.29, 0.717) is 0 Å². The first kappa shape index (κ1) is 14.7. The zero-order valence-electron chi connectivity index (χ0n) is 9.39. The minimum absolute atomic E-state index is 0.0630. The first-order valence-corrected chi connectivity index (χ1v) is 7.32. The number of phenols is 1. The molecule has 0 fully saturated rings. The smallest absolute Gasteiger partial charge is 0.298 e. The number of hydrogen-bond donors (Lipinski definition) is 3. The highest BCUT2D eigenvalue weighted by molar-refractivity contribution is 7.86. The fourth-order valence-electron chi connectivity index (χ4n) is 1.22. The van der Waals surface area contributed by atoms with Gasteiger partial charge in [0.05, 0.1) is 0 Å². The molecule has 0 aliphatic rings. The van der Waals surface area contributed by atoms with Crippen molar-refractivity contribution in [3.05, 3.63) is 12.1 Å². The lowest BCUT2D eigenvalue weighted by Gasteiger charge is -2.15. The largest absolute Gasteiger partial charge is 0.505 e. The van der Waals surface area contributed by atoms with Crippen LogP contribution in [0.3, 0.4) is 0 Å². The maximum absolute atomic E-state index is 11.0. The SMILES string of the molecule is CN(C)c1cc(S(=O)(=O)O)c(O)c(S(=O)(=O)O)c1. The minimum atomic E-state index is -4.82. The number of aromatic hydroxyl groups is 1. The van der Waals surface area contributed by atoms with Crippen molar-refractivity contribution in [1.82, 2.24) is 0 Å². The third-order valence-electron chi connectivity index (χ3n) is 2.10. The molecular formula is C8H11NO7S2. The van der Waals surface area contributed by atoms with Crippen LogP contribution in [0.2, 0.25) is 0 Å². The Hall–Kier alpha value is -1.36. The Morgan fingerprint density at radius 3 is 1.50 bits per heavy atom. The summed E-state index contributed by atoms with van der Waals surface area (Å²) in [6.07, 6.45) is 0. The molecule has 0 heterocycles. The molecule has 0 saturated carbocycles. The molecule has 0 atom stereocenters. The van der Waals surface area contributed by atoms with E-state index in [9.17, 15) is 21.9 Å². The van der Waals surface area contributed by atoms with Crippen molar-refractivity contribution in [2.24, 2.45) is 0 Å². The molecule has 0 spiro atoms. The first-order chi connectivity index (χ1) is 7.94. The van der Waals surface area contributed by atoms with Crippen LogP contribution in [-0.2, 0) is 20.2 Å². The van der Waals surface area contributed by atoms with Crippen LogP contribution in [-0.4, -0.2) is 45.1 Å². The average Bonchev–Trinajstić information content (AvgIpc) is 2.13. The zero-order valence-corrected chi connectivity index (χ0v) is 11.0. The molecule has 0 aromatic heterocycles. The summed E-state index contributed by atoms with van der Waals surface area (Å²) in [7, 11) is -6.69. The van der Waals surface area contributed by atoms with Gasteiger partial charge in [-0.25, -0.2) is 0 Å². The summed E-state index contributed by atoms with van der Waals surface area (Å²) in [6.45, 7) is 0. The Labute approximate surface area is 104 Å². The van der Waals surface area contributed by atoms with Crippen LogP contribution in [0, 0.1) is 0 Å². The molecule has 1 aromatic carbocycles. The number of anilines is 1. The van der Waals surface area contributed by atoms with Gasteiger partial charge in [0.25, 0.3) is 20.2 Å². The van der Waals surface area contributed by atoms with E-state index in [1.54, 1.807) is 0 Å². The lowest BCUT2D eigenvalue weighted by Crippen LogP contribution is -2.12. The summed E-state index contributed by atoms with van der Waals surface area (Å²) in [5.74, 6) is -1.23. The third kappa shape index (κ3) is 2.90. The van der Waals surface area contributed by atoms with Crippen molar-refractivity contribution in [1.29, 1.82) is 0 Å². The topological polar surface area (TPSA) is 132 Å². The van der Waals surface area contributed by atoms with Gasteiger partial charge < -0.3 is 10.0 Å². The van der Waals surface area contributed by atoms with Crippen LogP contribution in [0.25, 0.3) is 0 Å². The molecule has 102 valence electrons. The second-order valence-corrected chi connectivity index (χ2v) is 6.42. The van der Waals surface area contributed by atoms with E-state index in [0.717, 1.165) is 12.1 Å². The summed E-state index contributed by atoms with van der Waals surface area (Å²) in [5.41, 5.74) is 0.0630. The van der Waals surface area contributed by atoms with E-state index in [1.165, 1.54) is 19.0 Å². The Kier molecular flexibility index (Phi) is 3.58. The van der Waals surface area contributed by atoms with Gasteiger partial charge in [-0.2, -0.15) is 16.8 Å². The lowest BCUT2D eigenvalue weighted by atomic mass is 10.3. The molecule has 0 aliphatic carbocycles. The number of benzene rings is 1. The molecule has 0 radical (unpaired) electrons. The molecule has 0 bridgehead atoms. The number of phenolic OH excluding ortho intramolecular Hbond substituents is 1. The molecular weight excluding hydrogens is 286 g/mol.